The molecule has 0 saturated carbocycles. The number of benzene rings is 1. The van der Waals surface area contributed by atoms with Gasteiger partial charge in [0.2, 0.25) is 5.89 Å². The minimum absolute atomic E-state index is 0.0765. The minimum Gasteiger partial charge on any atom is -0.481 e. The standard InChI is InChI=1S/C16H18N2O5S/c1-3-18(4-2)15(20)9-5-6-12-11(7-9)17-14(23-12)10(16(21)22)8-13(19)24/h5-7,10H,3-4,8H2,1-2H3,(H,19,24)(H,21,22). The number of oxazole rings is 1. The third-order valence-electron chi connectivity index (χ3n) is 3.68. The van der Waals surface area contributed by atoms with E-state index in [2.05, 4.69) is 17.6 Å². The molecule has 1 aromatic carbocycles. The molecule has 128 valence electrons. The molecule has 7 nitrogen and oxygen atoms in total. The fourth-order valence-electron chi connectivity index (χ4n) is 2.38. The average molecular weight is 350 g/mol. The van der Waals surface area contributed by atoms with E-state index in [4.69, 9.17) is 4.42 Å². The second kappa shape index (κ2) is 7.48. The Balaban J connectivity index is 2.39. The number of carbonyl (C=O) groups excluding carboxylic acids is 2. The van der Waals surface area contributed by atoms with Gasteiger partial charge in [-0.2, -0.15) is 0 Å². The first-order valence-electron chi connectivity index (χ1n) is 7.51. The van der Waals surface area contributed by atoms with Gasteiger partial charge < -0.3 is 14.4 Å². The zero-order chi connectivity index (χ0) is 17.9. The number of aliphatic carboxylic acids is 1. The Kier molecular flexibility index (Phi) is 5.61. The Labute approximate surface area is 144 Å². The van der Waals surface area contributed by atoms with Crippen molar-refractivity contribution in [3.63, 3.8) is 0 Å². The monoisotopic (exact) mass is 350 g/mol. The predicted octanol–water partition coefficient (Wildman–Crippen LogP) is 2.32. The molecule has 2 aromatic rings. The Hall–Kier alpha value is -2.35. The van der Waals surface area contributed by atoms with Crippen molar-refractivity contribution < 1.29 is 23.9 Å². The Bertz CT molecular complexity index is 782. The van der Waals surface area contributed by atoms with E-state index in [1.54, 1.807) is 23.1 Å². The third kappa shape index (κ3) is 3.76. The van der Waals surface area contributed by atoms with Gasteiger partial charge in [-0.3, -0.25) is 14.4 Å². The summed E-state index contributed by atoms with van der Waals surface area (Å²) in [6.45, 7) is 4.95. The van der Waals surface area contributed by atoms with Gasteiger partial charge >= 0.3 is 5.97 Å². The van der Waals surface area contributed by atoms with Crippen LogP contribution in [0, 0.1) is 0 Å². The highest BCUT2D eigenvalue weighted by Gasteiger charge is 2.27. The van der Waals surface area contributed by atoms with E-state index in [0.29, 0.717) is 29.8 Å². The van der Waals surface area contributed by atoms with Gasteiger partial charge in [0, 0.05) is 25.1 Å². The molecule has 1 amide bonds. The van der Waals surface area contributed by atoms with Crippen molar-refractivity contribution in [1.82, 2.24) is 9.88 Å². The zero-order valence-electron chi connectivity index (χ0n) is 13.4. The molecule has 1 atom stereocenters. The van der Waals surface area contributed by atoms with E-state index in [1.165, 1.54) is 0 Å². The van der Waals surface area contributed by atoms with Crippen LogP contribution in [0.3, 0.4) is 0 Å². The number of thiol groups is 1. The first-order chi connectivity index (χ1) is 11.4. The predicted molar refractivity (Wildman–Crippen MR) is 90.2 cm³/mol. The topological polar surface area (TPSA) is 101 Å². The Morgan fingerprint density at radius 3 is 2.50 bits per heavy atom. The number of carboxylic acid groups (broad SMARTS) is 1. The molecular formula is C16H18N2O5S. The maximum atomic E-state index is 12.4. The van der Waals surface area contributed by atoms with Gasteiger partial charge in [0.05, 0.1) is 0 Å². The minimum atomic E-state index is -1.22. The smallest absolute Gasteiger partial charge is 0.316 e. The largest absolute Gasteiger partial charge is 0.481 e. The number of rotatable bonds is 7. The lowest BCUT2D eigenvalue weighted by Crippen LogP contribution is -2.30. The van der Waals surface area contributed by atoms with Gasteiger partial charge in [0.25, 0.3) is 5.91 Å². The molecule has 0 spiro atoms. The van der Waals surface area contributed by atoms with Crippen LogP contribution in [0.25, 0.3) is 11.1 Å². The van der Waals surface area contributed by atoms with E-state index in [0.717, 1.165) is 0 Å². The molecule has 1 heterocycles. The average Bonchev–Trinajstić information content (AvgIpc) is 2.95. The maximum Gasteiger partial charge on any atom is 0.316 e. The first kappa shape index (κ1) is 18.0. The number of hydrogen-bond donors (Lipinski definition) is 2. The molecule has 0 radical (unpaired) electrons. The van der Waals surface area contributed by atoms with Crippen molar-refractivity contribution in [2.24, 2.45) is 0 Å². The molecular weight excluding hydrogens is 332 g/mol. The van der Waals surface area contributed by atoms with Crippen LogP contribution in [0.2, 0.25) is 0 Å². The highest BCUT2D eigenvalue weighted by molar-refractivity contribution is 7.96. The van der Waals surface area contributed by atoms with E-state index in [9.17, 15) is 19.5 Å². The molecule has 8 heteroatoms. The van der Waals surface area contributed by atoms with Gasteiger partial charge in [-0.1, -0.05) is 0 Å². The van der Waals surface area contributed by atoms with Crippen LogP contribution in [-0.4, -0.2) is 45.1 Å². The van der Waals surface area contributed by atoms with Gasteiger partial charge in [-0.25, -0.2) is 4.98 Å². The van der Waals surface area contributed by atoms with Gasteiger partial charge in [-0.15, -0.1) is 12.6 Å². The van der Waals surface area contributed by atoms with E-state index in [-0.39, 0.29) is 18.2 Å². The Morgan fingerprint density at radius 2 is 1.96 bits per heavy atom. The highest BCUT2D eigenvalue weighted by Crippen LogP contribution is 2.26. The fourth-order valence-corrected chi connectivity index (χ4v) is 2.56. The van der Waals surface area contributed by atoms with Crippen molar-refractivity contribution in [3.05, 3.63) is 29.7 Å². The molecule has 24 heavy (non-hydrogen) atoms. The van der Waals surface area contributed by atoms with Crippen LogP contribution in [-0.2, 0) is 9.59 Å². The quantitative estimate of drug-likeness (QED) is 0.743. The number of fused-ring (bicyclic) bond motifs is 1. The van der Waals surface area contributed by atoms with Crippen molar-refractivity contribution in [3.8, 4) is 0 Å². The zero-order valence-corrected chi connectivity index (χ0v) is 14.2. The second-order valence-corrected chi connectivity index (χ2v) is 5.70. The fraction of sp³-hybridized carbons (Fsp3) is 0.375. The summed E-state index contributed by atoms with van der Waals surface area (Å²) in [7, 11) is 0. The van der Waals surface area contributed by atoms with E-state index in [1.807, 2.05) is 13.8 Å². The lowest BCUT2D eigenvalue weighted by atomic mass is 10.1. The molecule has 0 aliphatic heterocycles. The number of carboxylic acids is 1. The molecule has 2 rings (SSSR count). The summed E-state index contributed by atoms with van der Waals surface area (Å²) in [4.78, 5) is 40.6. The first-order valence-corrected chi connectivity index (χ1v) is 7.96. The second-order valence-electron chi connectivity index (χ2n) is 5.20. The summed E-state index contributed by atoms with van der Waals surface area (Å²) in [6.07, 6.45) is -0.323. The maximum absolute atomic E-state index is 12.4. The molecule has 0 saturated heterocycles. The van der Waals surface area contributed by atoms with Crippen molar-refractivity contribution in [2.75, 3.05) is 13.1 Å². The van der Waals surface area contributed by atoms with Crippen molar-refractivity contribution >= 4 is 40.7 Å². The number of aromatic nitrogens is 1. The van der Waals surface area contributed by atoms with Crippen LogP contribution < -0.4 is 0 Å². The van der Waals surface area contributed by atoms with Crippen LogP contribution in [0.15, 0.2) is 22.6 Å². The number of hydrogen-bond acceptors (Lipinski definition) is 5. The van der Waals surface area contributed by atoms with Gasteiger partial charge in [-0.05, 0) is 32.0 Å². The van der Waals surface area contributed by atoms with Gasteiger partial charge in [0.15, 0.2) is 10.7 Å². The summed E-state index contributed by atoms with van der Waals surface area (Å²) in [5.41, 5.74) is 1.18. The lowest BCUT2D eigenvalue weighted by Gasteiger charge is -2.18. The molecule has 0 aliphatic rings. The van der Waals surface area contributed by atoms with Crippen molar-refractivity contribution in [2.45, 2.75) is 26.2 Å². The molecule has 1 unspecified atom stereocenters. The lowest BCUT2D eigenvalue weighted by molar-refractivity contribution is -0.140. The number of amides is 1. The normalized spacial score (nSPS) is 12.1. The Morgan fingerprint density at radius 1 is 1.29 bits per heavy atom. The molecule has 1 N–H and O–H groups in total. The number of nitrogens with zero attached hydrogens (tertiary/aromatic N) is 2. The van der Waals surface area contributed by atoms with Crippen LogP contribution >= 0.6 is 12.6 Å². The summed E-state index contributed by atoms with van der Waals surface area (Å²) in [5, 5.41) is 8.67. The van der Waals surface area contributed by atoms with Crippen LogP contribution in [0.5, 0.6) is 0 Å². The van der Waals surface area contributed by atoms with Crippen molar-refractivity contribution in [1.29, 1.82) is 0 Å². The molecule has 1 aromatic heterocycles. The van der Waals surface area contributed by atoms with E-state index < -0.39 is 17.0 Å². The SMILES string of the molecule is CCN(CC)C(=O)c1ccc2oc(C(CC(=O)S)C(=O)O)nc2c1. The molecule has 0 aliphatic carbocycles. The molecule has 0 bridgehead atoms. The summed E-state index contributed by atoms with van der Waals surface area (Å²) in [6, 6.07) is 4.74. The summed E-state index contributed by atoms with van der Waals surface area (Å²) in [5.74, 6) is -2.63. The van der Waals surface area contributed by atoms with Crippen LogP contribution in [0.4, 0.5) is 0 Å². The summed E-state index contributed by atoms with van der Waals surface area (Å²) < 4.78 is 5.44. The molecule has 0 fully saturated rings. The third-order valence-corrected chi connectivity index (χ3v) is 3.86. The summed E-state index contributed by atoms with van der Waals surface area (Å²) >= 11 is 3.61. The van der Waals surface area contributed by atoms with Gasteiger partial charge in [0.1, 0.15) is 11.4 Å². The highest BCUT2D eigenvalue weighted by atomic mass is 32.1. The van der Waals surface area contributed by atoms with E-state index >= 15 is 0 Å². The van der Waals surface area contributed by atoms with Crippen LogP contribution in [0.1, 0.15) is 42.4 Å². The number of carbonyl (C=O) groups is 3.